The minimum Gasteiger partial charge on any atom is -0.357 e. The molecule has 0 bridgehead atoms. The standard InChI is InChI=1S/C11H20N4S.HI/c1-6-12-11(15(4)5)13-7-10-8(2)14-9(3)16-10;/h6-7H2,1-5H3,(H,12,13);1H. The van der Waals surface area contributed by atoms with Gasteiger partial charge in [-0.1, -0.05) is 0 Å². The SMILES string of the molecule is CCNC(=NCc1sc(C)nc1C)N(C)C.I. The number of guanidine groups is 1. The number of halogens is 1. The van der Waals surface area contributed by atoms with Gasteiger partial charge in [0.15, 0.2) is 5.96 Å². The average Bonchev–Trinajstić information content (AvgIpc) is 2.51. The van der Waals surface area contributed by atoms with Crippen molar-refractivity contribution in [1.82, 2.24) is 15.2 Å². The van der Waals surface area contributed by atoms with Gasteiger partial charge in [-0.3, -0.25) is 0 Å². The van der Waals surface area contributed by atoms with Crippen LogP contribution in [-0.4, -0.2) is 36.5 Å². The summed E-state index contributed by atoms with van der Waals surface area (Å²) in [5, 5.41) is 4.35. The number of nitrogens with one attached hydrogen (secondary N) is 1. The van der Waals surface area contributed by atoms with Gasteiger partial charge in [0.1, 0.15) is 0 Å². The van der Waals surface area contributed by atoms with E-state index < -0.39 is 0 Å². The van der Waals surface area contributed by atoms with Crippen LogP contribution >= 0.6 is 35.3 Å². The molecule has 0 aromatic carbocycles. The van der Waals surface area contributed by atoms with Crippen molar-refractivity contribution < 1.29 is 0 Å². The molecule has 1 aromatic rings. The number of aromatic nitrogens is 1. The Hall–Kier alpha value is -0.370. The van der Waals surface area contributed by atoms with Gasteiger partial charge in [0, 0.05) is 25.5 Å². The van der Waals surface area contributed by atoms with Crippen molar-refractivity contribution >= 4 is 41.3 Å². The highest BCUT2D eigenvalue weighted by Gasteiger charge is 2.05. The van der Waals surface area contributed by atoms with Crippen molar-refractivity contribution in [3.8, 4) is 0 Å². The third-order valence-electron chi connectivity index (χ3n) is 2.13. The molecule has 1 N–H and O–H groups in total. The Balaban J connectivity index is 0.00000256. The van der Waals surface area contributed by atoms with E-state index >= 15 is 0 Å². The highest BCUT2D eigenvalue weighted by molar-refractivity contribution is 14.0. The Morgan fingerprint density at radius 1 is 1.41 bits per heavy atom. The molecule has 0 radical (unpaired) electrons. The summed E-state index contributed by atoms with van der Waals surface area (Å²) in [6, 6.07) is 0. The second-order valence-corrected chi connectivity index (χ2v) is 5.09. The summed E-state index contributed by atoms with van der Waals surface area (Å²) in [5.74, 6) is 0.924. The van der Waals surface area contributed by atoms with Gasteiger partial charge in [0.2, 0.25) is 0 Å². The summed E-state index contributed by atoms with van der Waals surface area (Å²) in [6.07, 6.45) is 0. The first-order chi connectivity index (χ1) is 7.54. The molecule has 0 spiro atoms. The van der Waals surface area contributed by atoms with Crippen molar-refractivity contribution in [2.75, 3.05) is 20.6 Å². The van der Waals surface area contributed by atoms with E-state index in [1.165, 1.54) is 4.88 Å². The first kappa shape index (κ1) is 16.6. The number of hydrogen-bond donors (Lipinski definition) is 1. The molecule has 0 amide bonds. The van der Waals surface area contributed by atoms with Crippen LogP contribution in [0.15, 0.2) is 4.99 Å². The minimum absolute atomic E-state index is 0. The average molecular weight is 368 g/mol. The van der Waals surface area contributed by atoms with E-state index in [4.69, 9.17) is 0 Å². The fourth-order valence-corrected chi connectivity index (χ4v) is 2.24. The largest absolute Gasteiger partial charge is 0.357 e. The second kappa shape index (κ2) is 7.86. The first-order valence-corrected chi connectivity index (χ1v) is 6.24. The van der Waals surface area contributed by atoms with Crippen molar-refractivity contribution in [2.45, 2.75) is 27.3 Å². The number of nitrogens with zero attached hydrogens (tertiary/aromatic N) is 3. The van der Waals surface area contributed by atoms with Gasteiger partial charge in [0.05, 0.1) is 17.2 Å². The van der Waals surface area contributed by atoms with Gasteiger partial charge in [0.25, 0.3) is 0 Å². The van der Waals surface area contributed by atoms with Crippen LogP contribution < -0.4 is 5.32 Å². The van der Waals surface area contributed by atoms with Crippen molar-refractivity contribution in [3.63, 3.8) is 0 Å². The molecule has 0 saturated heterocycles. The van der Waals surface area contributed by atoms with Gasteiger partial charge < -0.3 is 10.2 Å². The predicted molar refractivity (Wildman–Crippen MR) is 85.5 cm³/mol. The maximum Gasteiger partial charge on any atom is 0.193 e. The van der Waals surface area contributed by atoms with Crippen LogP contribution in [0, 0.1) is 13.8 Å². The van der Waals surface area contributed by atoms with Crippen LogP contribution in [-0.2, 0) is 6.54 Å². The highest BCUT2D eigenvalue weighted by atomic mass is 127. The minimum atomic E-state index is 0. The zero-order chi connectivity index (χ0) is 12.1. The molecule has 4 nitrogen and oxygen atoms in total. The lowest BCUT2D eigenvalue weighted by Crippen LogP contribution is -2.36. The third-order valence-corrected chi connectivity index (χ3v) is 3.19. The van der Waals surface area contributed by atoms with Crippen molar-refractivity contribution in [3.05, 3.63) is 15.6 Å². The predicted octanol–water partition coefficient (Wildman–Crippen LogP) is 2.41. The normalized spacial score (nSPS) is 11.0. The lowest BCUT2D eigenvalue weighted by molar-refractivity contribution is 0.583. The Kier molecular flexibility index (Phi) is 7.69. The fraction of sp³-hybridized carbons (Fsp3) is 0.636. The zero-order valence-corrected chi connectivity index (χ0v) is 14.2. The van der Waals surface area contributed by atoms with Crippen LogP contribution in [0.3, 0.4) is 0 Å². The quantitative estimate of drug-likeness (QED) is 0.506. The molecule has 0 fully saturated rings. The molecular formula is C11H21IN4S. The van der Waals surface area contributed by atoms with E-state index in [0.717, 1.165) is 23.2 Å². The Morgan fingerprint density at radius 3 is 2.47 bits per heavy atom. The summed E-state index contributed by atoms with van der Waals surface area (Å²) in [5.41, 5.74) is 1.10. The van der Waals surface area contributed by atoms with Gasteiger partial charge >= 0.3 is 0 Å². The number of hydrogen-bond acceptors (Lipinski definition) is 3. The summed E-state index contributed by atoms with van der Waals surface area (Å²) in [7, 11) is 3.98. The number of thiazole rings is 1. The van der Waals surface area contributed by atoms with Crippen molar-refractivity contribution in [2.24, 2.45) is 4.99 Å². The molecule has 1 aromatic heterocycles. The molecule has 98 valence electrons. The van der Waals surface area contributed by atoms with Crippen LogP contribution in [0.25, 0.3) is 0 Å². The molecule has 0 unspecified atom stereocenters. The summed E-state index contributed by atoms with van der Waals surface area (Å²) >= 11 is 1.72. The van der Waals surface area contributed by atoms with E-state index in [0.29, 0.717) is 6.54 Å². The molecule has 6 heteroatoms. The van der Waals surface area contributed by atoms with Crippen LogP contribution in [0.1, 0.15) is 22.5 Å². The molecular weight excluding hydrogens is 347 g/mol. The highest BCUT2D eigenvalue weighted by Crippen LogP contribution is 2.17. The van der Waals surface area contributed by atoms with E-state index in [1.54, 1.807) is 11.3 Å². The lowest BCUT2D eigenvalue weighted by Gasteiger charge is -2.16. The third kappa shape index (κ3) is 5.20. The maximum absolute atomic E-state index is 4.56. The summed E-state index contributed by atoms with van der Waals surface area (Å²) < 4.78 is 0. The summed E-state index contributed by atoms with van der Waals surface area (Å²) in [6.45, 7) is 7.73. The van der Waals surface area contributed by atoms with Gasteiger partial charge in [-0.2, -0.15) is 0 Å². The fourth-order valence-electron chi connectivity index (χ4n) is 1.38. The molecule has 0 aliphatic carbocycles. The smallest absolute Gasteiger partial charge is 0.193 e. The zero-order valence-electron chi connectivity index (χ0n) is 11.1. The molecule has 1 rings (SSSR count). The Labute approximate surface area is 125 Å². The molecule has 0 aliphatic rings. The summed E-state index contributed by atoms with van der Waals surface area (Å²) in [4.78, 5) is 12.2. The van der Waals surface area contributed by atoms with Gasteiger partial charge in [-0.15, -0.1) is 35.3 Å². The van der Waals surface area contributed by atoms with Crippen molar-refractivity contribution in [1.29, 1.82) is 0 Å². The van der Waals surface area contributed by atoms with E-state index in [-0.39, 0.29) is 24.0 Å². The number of aryl methyl sites for hydroxylation is 2. The van der Waals surface area contributed by atoms with Crippen LogP contribution in [0.4, 0.5) is 0 Å². The Bertz CT molecular complexity index is 374. The first-order valence-electron chi connectivity index (χ1n) is 5.43. The number of rotatable bonds is 3. The monoisotopic (exact) mass is 368 g/mol. The van der Waals surface area contributed by atoms with E-state index in [1.807, 2.05) is 32.8 Å². The van der Waals surface area contributed by atoms with Gasteiger partial charge in [-0.05, 0) is 20.8 Å². The molecule has 1 heterocycles. The number of aliphatic imine (C=N–C) groups is 1. The molecule has 0 aliphatic heterocycles. The van der Waals surface area contributed by atoms with E-state index in [9.17, 15) is 0 Å². The lowest BCUT2D eigenvalue weighted by atomic mass is 10.4. The topological polar surface area (TPSA) is 40.5 Å². The molecule has 17 heavy (non-hydrogen) atoms. The molecule has 0 atom stereocenters. The Morgan fingerprint density at radius 2 is 2.06 bits per heavy atom. The van der Waals surface area contributed by atoms with Gasteiger partial charge in [-0.25, -0.2) is 9.98 Å². The molecule has 0 saturated carbocycles. The van der Waals surface area contributed by atoms with Crippen LogP contribution in [0.5, 0.6) is 0 Å². The van der Waals surface area contributed by atoms with Crippen LogP contribution in [0.2, 0.25) is 0 Å². The second-order valence-electron chi connectivity index (χ2n) is 3.81. The van der Waals surface area contributed by atoms with E-state index in [2.05, 4.69) is 22.2 Å². The maximum atomic E-state index is 4.56.